The lowest BCUT2D eigenvalue weighted by Crippen LogP contribution is -2.44. The number of hydrogen-bond acceptors (Lipinski definition) is 4. The normalized spacial score (nSPS) is 23.4. The number of benzene rings is 1. The molecule has 2 aliphatic heterocycles. The number of rotatable bonds is 7. The molecular formula is C21H26N2O4. The Morgan fingerprint density at radius 2 is 2.15 bits per heavy atom. The van der Waals surface area contributed by atoms with Crippen molar-refractivity contribution in [3.8, 4) is 0 Å². The molecule has 2 N–H and O–H groups in total. The van der Waals surface area contributed by atoms with Crippen molar-refractivity contribution in [3.05, 3.63) is 48.6 Å². The van der Waals surface area contributed by atoms with E-state index in [2.05, 4.69) is 6.58 Å². The Labute approximate surface area is 159 Å². The molecule has 2 heterocycles. The van der Waals surface area contributed by atoms with Crippen LogP contribution in [0.15, 0.2) is 43.0 Å². The van der Waals surface area contributed by atoms with Crippen molar-refractivity contribution in [2.24, 2.45) is 5.92 Å². The Kier molecular flexibility index (Phi) is 5.48. The largest absolute Gasteiger partial charge is 0.396 e. The Balaban J connectivity index is 2.06. The Bertz CT molecular complexity index is 788. The molecule has 1 aromatic carbocycles. The molecule has 27 heavy (non-hydrogen) atoms. The molecule has 6 nitrogen and oxygen atoms in total. The van der Waals surface area contributed by atoms with Gasteiger partial charge in [0.2, 0.25) is 5.91 Å². The number of fused-ring (bicyclic) bond motifs is 1. The topological polar surface area (TPSA) is 81.1 Å². The van der Waals surface area contributed by atoms with E-state index in [0.717, 1.165) is 6.42 Å². The minimum Gasteiger partial charge on any atom is -0.396 e. The number of hydrogen-bond donors (Lipinski definition) is 2. The molecule has 144 valence electrons. The van der Waals surface area contributed by atoms with Gasteiger partial charge in [0, 0.05) is 43.3 Å². The summed E-state index contributed by atoms with van der Waals surface area (Å²) in [6.45, 7) is 6.43. The molecule has 0 aliphatic carbocycles. The fraction of sp³-hybridized carbons (Fsp3) is 0.429. The molecule has 0 radical (unpaired) electrons. The molecule has 0 saturated carbocycles. The summed E-state index contributed by atoms with van der Waals surface area (Å²) >= 11 is 0. The number of carbonyl (C=O) groups excluding carboxylic acids is 2. The van der Waals surface area contributed by atoms with Crippen LogP contribution in [0.5, 0.6) is 0 Å². The van der Waals surface area contributed by atoms with Crippen molar-refractivity contribution >= 4 is 23.2 Å². The number of aliphatic hydroxyl groups is 2. The van der Waals surface area contributed by atoms with Crippen molar-refractivity contribution in [1.82, 2.24) is 0 Å². The maximum absolute atomic E-state index is 13.1. The summed E-state index contributed by atoms with van der Waals surface area (Å²) in [4.78, 5) is 28.4. The minimum atomic E-state index is -1.72. The van der Waals surface area contributed by atoms with Crippen LogP contribution in [-0.4, -0.2) is 41.7 Å². The molecular weight excluding hydrogens is 344 g/mol. The standard InChI is InChI=1S/C21H26N2O4/c1-3-11-23-18-10-9-16(22-12-6-8-19(22)25)14-17(18)21(27,20(23)26)15(2)7-4-5-13-24/h3-4,7,9-10,14-15,24,27H,1,5-6,8,11-13H2,2H3/b7-4+/t15-,21+/m1/s1. The van der Waals surface area contributed by atoms with Crippen molar-refractivity contribution in [2.45, 2.75) is 31.8 Å². The van der Waals surface area contributed by atoms with Crippen LogP contribution in [0.1, 0.15) is 31.7 Å². The molecule has 1 saturated heterocycles. The highest BCUT2D eigenvalue weighted by molar-refractivity contribution is 6.08. The number of amides is 2. The average molecular weight is 370 g/mol. The van der Waals surface area contributed by atoms with E-state index in [-0.39, 0.29) is 12.5 Å². The van der Waals surface area contributed by atoms with E-state index in [0.29, 0.717) is 42.9 Å². The van der Waals surface area contributed by atoms with Crippen LogP contribution in [0.2, 0.25) is 0 Å². The first kappa shape index (κ1) is 19.3. The quantitative estimate of drug-likeness (QED) is 0.721. The molecule has 6 heteroatoms. The predicted molar refractivity (Wildman–Crippen MR) is 104 cm³/mol. The summed E-state index contributed by atoms with van der Waals surface area (Å²) in [5.41, 5.74) is 0.130. The summed E-state index contributed by atoms with van der Waals surface area (Å²) in [5, 5.41) is 20.4. The van der Waals surface area contributed by atoms with Crippen LogP contribution < -0.4 is 9.80 Å². The van der Waals surface area contributed by atoms with Gasteiger partial charge in [-0.15, -0.1) is 6.58 Å². The second-order valence-corrected chi connectivity index (χ2v) is 7.05. The third kappa shape index (κ3) is 3.19. The summed E-state index contributed by atoms with van der Waals surface area (Å²) in [5.74, 6) is -0.834. The van der Waals surface area contributed by atoms with Crippen LogP contribution >= 0.6 is 0 Å². The number of aliphatic hydroxyl groups excluding tert-OH is 1. The van der Waals surface area contributed by atoms with Gasteiger partial charge in [0.1, 0.15) is 0 Å². The summed E-state index contributed by atoms with van der Waals surface area (Å²) in [7, 11) is 0. The zero-order valence-corrected chi connectivity index (χ0v) is 15.6. The minimum absolute atomic E-state index is 0.00991. The van der Waals surface area contributed by atoms with Crippen molar-refractivity contribution in [3.63, 3.8) is 0 Å². The lowest BCUT2D eigenvalue weighted by atomic mass is 9.82. The van der Waals surface area contributed by atoms with Gasteiger partial charge in [0.05, 0.1) is 5.69 Å². The highest BCUT2D eigenvalue weighted by Crippen LogP contribution is 2.46. The highest BCUT2D eigenvalue weighted by Gasteiger charge is 2.52. The van der Waals surface area contributed by atoms with Crippen LogP contribution in [0, 0.1) is 5.92 Å². The second kappa shape index (κ2) is 7.66. The zero-order valence-electron chi connectivity index (χ0n) is 15.6. The van der Waals surface area contributed by atoms with Crippen molar-refractivity contribution in [1.29, 1.82) is 0 Å². The van der Waals surface area contributed by atoms with Gasteiger partial charge in [0.15, 0.2) is 5.60 Å². The number of anilines is 2. The van der Waals surface area contributed by atoms with Crippen LogP contribution in [0.25, 0.3) is 0 Å². The van der Waals surface area contributed by atoms with E-state index >= 15 is 0 Å². The van der Waals surface area contributed by atoms with Gasteiger partial charge in [-0.2, -0.15) is 0 Å². The fourth-order valence-electron chi connectivity index (χ4n) is 3.85. The molecule has 2 atom stereocenters. The number of carbonyl (C=O) groups is 2. The van der Waals surface area contributed by atoms with E-state index in [9.17, 15) is 14.7 Å². The Hall–Kier alpha value is -2.44. The smallest absolute Gasteiger partial charge is 0.264 e. The SMILES string of the molecule is C=CCN1C(=O)[C@](O)([C@H](C)/C=C/CCO)c2cc(N3CCCC3=O)ccc21. The summed E-state index contributed by atoms with van der Waals surface area (Å²) < 4.78 is 0. The molecule has 0 aromatic heterocycles. The molecule has 2 amide bonds. The maximum atomic E-state index is 13.1. The Morgan fingerprint density at radius 3 is 2.78 bits per heavy atom. The third-order valence-electron chi connectivity index (χ3n) is 5.33. The average Bonchev–Trinajstić information content (AvgIpc) is 3.18. The number of nitrogens with zero attached hydrogens (tertiary/aromatic N) is 2. The van der Waals surface area contributed by atoms with E-state index < -0.39 is 17.4 Å². The van der Waals surface area contributed by atoms with Gasteiger partial charge in [-0.1, -0.05) is 25.2 Å². The van der Waals surface area contributed by atoms with E-state index in [1.807, 2.05) is 6.07 Å². The monoisotopic (exact) mass is 370 g/mol. The lowest BCUT2D eigenvalue weighted by Gasteiger charge is -2.28. The molecule has 3 rings (SSSR count). The first-order chi connectivity index (χ1) is 12.9. The van der Waals surface area contributed by atoms with Crippen molar-refractivity contribution < 1.29 is 19.8 Å². The van der Waals surface area contributed by atoms with Crippen molar-refractivity contribution in [2.75, 3.05) is 29.5 Å². The second-order valence-electron chi connectivity index (χ2n) is 7.05. The van der Waals surface area contributed by atoms with Crippen LogP contribution in [0.3, 0.4) is 0 Å². The molecule has 1 aromatic rings. The Morgan fingerprint density at radius 1 is 1.37 bits per heavy atom. The summed E-state index contributed by atoms with van der Waals surface area (Å²) in [6, 6.07) is 5.37. The lowest BCUT2D eigenvalue weighted by molar-refractivity contribution is -0.139. The van der Waals surface area contributed by atoms with Gasteiger partial charge < -0.3 is 20.0 Å². The highest BCUT2D eigenvalue weighted by atomic mass is 16.3. The van der Waals surface area contributed by atoms with Gasteiger partial charge in [0.25, 0.3) is 5.91 Å². The third-order valence-corrected chi connectivity index (χ3v) is 5.33. The maximum Gasteiger partial charge on any atom is 0.264 e. The van der Waals surface area contributed by atoms with Gasteiger partial charge in [-0.05, 0) is 31.0 Å². The van der Waals surface area contributed by atoms with Gasteiger partial charge in [-0.3, -0.25) is 9.59 Å². The van der Waals surface area contributed by atoms with Gasteiger partial charge >= 0.3 is 0 Å². The zero-order chi connectivity index (χ0) is 19.6. The van der Waals surface area contributed by atoms with Gasteiger partial charge in [-0.25, -0.2) is 0 Å². The predicted octanol–water partition coefficient (Wildman–Crippen LogP) is 2.11. The van der Waals surface area contributed by atoms with E-state index in [1.165, 1.54) is 4.90 Å². The van der Waals surface area contributed by atoms with Crippen LogP contribution in [0.4, 0.5) is 11.4 Å². The fourth-order valence-corrected chi connectivity index (χ4v) is 3.85. The molecule has 1 fully saturated rings. The molecule has 0 spiro atoms. The van der Waals surface area contributed by atoms with E-state index in [1.54, 1.807) is 42.2 Å². The van der Waals surface area contributed by atoms with E-state index in [4.69, 9.17) is 5.11 Å². The first-order valence-electron chi connectivity index (χ1n) is 9.32. The summed E-state index contributed by atoms with van der Waals surface area (Å²) in [6.07, 6.45) is 6.92. The van der Waals surface area contributed by atoms with Crippen LogP contribution in [-0.2, 0) is 15.2 Å². The molecule has 2 aliphatic rings. The molecule has 0 bridgehead atoms. The molecule has 0 unspecified atom stereocenters. The first-order valence-corrected chi connectivity index (χ1v) is 9.32.